The van der Waals surface area contributed by atoms with Gasteiger partial charge < -0.3 is 11.5 Å². The Kier molecular flexibility index (Phi) is 2.90. The molecule has 0 aromatic heterocycles. The lowest BCUT2D eigenvalue weighted by Crippen LogP contribution is -2.07. The molecule has 0 bridgehead atoms. The van der Waals surface area contributed by atoms with Crippen LogP contribution in [0.4, 0.5) is 24.5 Å². The van der Waals surface area contributed by atoms with Crippen molar-refractivity contribution in [3.63, 3.8) is 0 Å². The van der Waals surface area contributed by atoms with E-state index in [2.05, 4.69) is 0 Å². The van der Waals surface area contributed by atoms with Crippen LogP contribution in [0.1, 0.15) is 5.56 Å². The Labute approximate surface area is 102 Å². The molecule has 5 heteroatoms. The molecule has 0 saturated carbocycles. The monoisotopic (exact) mass is 252 g/mol. The Balaban J connectivity index is 2.61. The predicted octanol–water partition coefficient (Wildman–Crippen LogP) is 3.54. The second-order valence-electron chi connectivity index (χ2n) is 3.89. The van der Waals surface area contributed by atoms with Crippen LogP contribution in [0, 0.1) is 0 Å². The second kappa shape index (κ2) is 4.25. The first-order valence-corrected chi connectivity index (χ1v) is 5.21. The molecule has 2 nitrogen and oxygen atoms in total. The molecule has 0 aliphatic carbocycles. The van der Waals surface area contributed by atoms with Crippen molar-refractivity contribution in [2.75, 3.05) is 11.5 Å². The first kappa shape index (κ1) is 12.3. The van der Waals surface area contributed by atoms with Crippen LogP contribution in [0.2, 0.25) is 0 Å². The van der Waals surface area contributed by atoms with Crippen molar-refractivity contribution in [2.24, 2.45) is 0 Å². The lowest BCUT2D eigenvalue weighted by molar-refractivity contribution is -0.137. The molecule has 0 spiro atoms. The first-order chi connectivity index (χ1) is 8.39. The number of nitrogen functional groups attached to an aromatic ring is 2. The molecule has 0 aliphatic rings. The van der Waals surface area contributed by atoms with Crippen molar-refractivity contribution < 1.29 is 13.2 Å². The number of benzene rings is 2. The van der Waals surface area contributed by atoms with Gasteiger partial charge in [-0.2, -0.15) is 13.2 Å². The molecule has 2 aromatic carbocycles. The van der Waals surface area contributed by atoms with Crippen LogP contribution in [0.15, 0.2) is 42.5 Å². The average molecular weight is 252 g/mol. The van der Waals surface area contributed by atoms with E-state index < -0.39 is 11.7 Å². The molecule has 18 heavy (non-hydrogen) atoms. The summed E-state index contributed by atoms with van der Waals surface area (Å²) in [6.45, 7) is 0. The number of hydrogen-bond acceptors (Lipinski definition) is 2. The van der Waals surface area contributed by atoms with E-state index in [-0.39, 0.29) is 11.3 Å². The summed E-state index contributed by atoms with van der Waals surface area (Å²) >= 11 is 0. The number of alkyl halides is 3. The highest BCUT2D eigenvalue weighted by atomic mass is 19.4. The molecule has 4 N–H and O–H groups in total. The van der Waals surface area contributed by atoms with E-state index in [0.29, 0.717) is 11.3 Å². The summed E-state index contributed by atoms with van der Waals surface area (Å²) in [6.07, 6.45) is -4.40. The zero-order valence-corrected chi connectivity index (χ0v) is 9.33. The van der Waals surface area contributed by atoms with E-state index in [0.717, 1.165) is 6.07 Å². The molecule has 0 heterocycles. The first-order valence-electron chi connectivity index (χ1n) is 5.21. The van der Waals surface area contributed by atoms with Crippen molar-refractivity contribution in [3.8, 4) is 11.1 Å². The van der Waals surface area contributed by atoms with E-state index in [1.165, 1.54) is 30.3 Å². The summed E-state index contributed by atoms with van der Waals surface area (Å²) < 4.78 is 38.6. The molecule has 2 rings (SSSR count). The smallest absolute Gasteiger partial charge is 0.397 e. The highest BCUT2D eigenvalue weighted by Crippen LogP contribution is 2.37. The Morgan fingerprint density at radius 3 is 2.11 bits per heavy atom. The highest BCUT2D eigenvalue weighted by Gasteiger charge is 2.33. The molecule has 0 aliphatic heterocycles. The largest absolute Gasteiger partial charge is 0.417 e. The third-order valence-corrected chi connectivity index (χ3v) is 2.63. The van der Waals surface area contributed by atoms with Gasteiger partial charge in [-0.15, -0.1) is 0 Å². The van der Waals surface area contributed by atoms with Gasteiger partial charge in [0.2, 0.25) is 0 Å². The minimum absolute atomic E-state index is 0.0942. The maximum Gasteiger partial charge on any atom is 0.417 e. The third-order valence-electron chi connectivity index (χ3n) is 2.63. The summed E-state index contributed by atoms with van der Waals surface area (Å²) in [7, 11) is 0. The van der Waals surface area contributed by atoms with Crippen LogP contribution in [0.5, 0.6) is 0 Å². The summed E-state index contributed by atoms with van der Waals surface area (Å²) in [4.78, 5) is 0. The Hall–Kier alpha value is -2.17. The number of nitrogens with two attached hydrogens (primary N) is 2. The highest BCUT2D eigenvalue weighted by molar-refractivity contribution is 5.76. The topological polar surface area (TPSA) is 52.0 Å². The predicted molar refractivity (Wildman–Crippen MR) is 65.7 cm³/mol. The van der Waals surface area contributed by atoms with Gasteiger partial charge in [-0.3, -0.25) is 0 Å². The van der Waals surface area contributed by atoms with Gasteiger partial charge in [0.25, 0.3) is 0 Å². The van der Waals surface area contributed by atoms with Crippen molar-refractivity contribution >= 4 is 11.4 Å². The number of halogens is 3. The van der Waals surface area contributed by atoms with Crippen molar-refractivity contribution in [3.05, 3.63) is 48.0 Å². The normalized spacial score (nSPS) is 11.5. The molecular formula is C13H11F3N2. The molecular weight excluding hydrogens is 241 g/mol. The fourth-order valence-corrected chi connectivity index (χ4v) is 1.72. The van der Waals surface area contributed by atoms with Crippen LogP contribution in [0.25, 0.3) is 11.1 Å². The standard InChI is InChI=1S/C13H11F3N2/c14-13(15,16)10-4-2-1-3-9(10)8-5-6-11(17)12(18)7-8/h1-7H,17-18H2. The zero-order valence-electron chi connectivity index (χ0n) is 9.33. The average Bonchev–Trinajstić information content (AvgIpc) is 2.32. The minimum Gasteiger partial charge on any atom is -0.397 e. The fraction of sp³-hybridized carbons (Fsp3) is 0.0769. The number of anilines is 2. The van der Waals surface area contributed by atoms with Crippen molar-refractivity contribution in [1.82, 2.24) is 0 Å². The lowest BCUT2D eigenvalue weighted by Gasteiger charge is -2.13. The van der Waals surface area contributed by atoms with Crippen LogP contribution in [0.3, 0.4) is 0 Å². The van der Waals surface area contributed by atoms with Gasteiger partial charge in [0, 0.05) is 0 Å². The van der Waals surface area contributed by atoms with E-state index in [9.17, 15) is 13.2 Å². The van der Waals surface area contributed by atoms with Crippen LogP contribution >= 0.6 is 0 Å². The molecule has 0 unspecified atom stereocenters. The van der Waals surface area contributed by atoms with Gasteiger partial charge in [-0.1, -0.05) is 24.3 Å². The SMILES string of the molecule is Nc1ccc(-c2ccccc2C(F)(F)F)cc1N. The summed E-state index contributed by atoms with van der Waals surface area (Å²) in [5, 5.41) is 0. The van der Waals surface area contributed by atoms with E-state index in [4.69, 9.17) is 11.5 Å². The van der Waals surface area contributed by atoms with Gasteiger partial charge in [0.15, 0.2) is 0 Å². The summed E-state index contributed by atoms with van der Waals surface area (Å²) in [5.74, 6) is 0. The molecule has 0 saturated heterocycles. The molecule has 0 amide bonds. The lowest BCUT2D eigenvalue weighted by atomic mass is 9.98. The van der Waals surface area contributed by atoms with Gasteiger partial charge in [0.05, 0.1) is 16.9 Å². The number of hydrogen-bond donors (Lipinski definition) is 2. The van der Waals surface area contributed by atoms with Gasteiger partial charge >= 0.3 is 6.18 Å². The Morgan fingerprint density at radius 2 is 1.50 bits per heavy atom. The van der Waals surface area contributed by atoms with Crippen LogP contribution in [-0.2, 0) is 6.18 Å². The molecule has 0 atom stereocenters. The summed E-state index contributed by atoms with van der Waals surface area (Å²) in [5.41, 5.74) is 11.6. The van der Waals surface area contributed by atoms with E-state index >= 15 is 0 Å². The van der Waals surface area contributed by atoms with Gasteiger partial charge in [0.1, 0.15) is 0 Å². The van der Waals surface area contributed by atoms with Crippen molar-refractivity contribution in [2.45, 2.75) is 6.18 Å². The van der Waals surface area contributed by atoms with E-state index in [1.54, 1.807) is 6.07 Å². The molecule has 2 aromatic rings. The second-order valence-corrected chi connectivity index (χ2v) is 3.89. The quantitative estimate of drug-likeness (QED) is 0.763. The zero-order chi connectivity index (χ0) is 13.3. The Bertz CT molecular complexity index is 577. The summed E-state index contributed by atoms with van der Waals surface area (Å²) in [6, 6.07) is 9.83. The van der Waals surface area contributed by atoms with Gasteiger partial charge in [-0.25, -0.2) is 0 Å². The van der Waals surface area contributed by atoms with Crippen LogP contribution < -0.4 is 11.5 Å². The van der Waals surface area contributed by atoms with E-state index in [1.807, 2.05) is 0 Å². The maximum absolute atomic E-state index is 12.9. The fourth-order valence-electron chi connectivity index (χ4n) is 1.72. The van der Waals surface area contributed by atoms with Gasteiger partial charge in [-0.05, 0) is 29.3 Å². The maximum atomic E-state index is 12.9. The minimum atomic E-state index is -4.40. The molecule has 94 valence electrons. The van der Waals surface area contributed by atoms with Crippen molar-refractivity contribution in [1.29, 1.82) is 0 Å². The van der Waals surface area contributed by atoms with Crippen LogP contribution in [-0.4, -0.2) is 0 Å². The third kappa shape index (κ3) is 2.25. The Morgan fingerprint density at radius 1 is 0.833 bits per heavy atom. The molecule has 0 radical (unpaired) electrons. The molecule has 0 fully saturated rings. The number of rotatable bonds is 1.